The van der Waals surface area contributed by atoms with Gasteiger partial charge in [-0.25, -0.2) is 9.59 Å². The maximum absolute atomic E-state index is 11.9. The van der Waals surface area contributed by atoms with Gasteiger partial charge in [-0.05, 0) is 96.6 Å². The quantitative estimate of drug-likeness (QED) is 0.0209. The van der Waals surface area contributed by atoms with Gasteiger partial charge in [0.2, 0.25) is 0 Å². The summed E-state index contributed by atoms with van der Waals surface area (Å²) in [6, 6.07) is 0. The van der Waals surface area contributed by atoms with Crippen LogP contribution in [0.5, 0.6) is 0 Å². The molecule has 0 aliphatic carbocycles. The fraction of sp³-hybridized carbons (Fsp3) is 0.841. The molecule has 298 valence electrons. The van der Waals surface area contributed by atoms with E-state index in [1.165, 1.54) is 77.0 Å². The number of carbonyl (C=O) groups excluding carboxylic acids is 2. The SMILES string of the molecule is CCCCCC/C=C\C(=O)OCCCCCCCCC(CCCCCCCCOC(=O)/C=C\CCCCCC)O/N=C/CC(C)C(C)CN(C)C. The second-order valence-electron chi connectivity index (χ2n) is 15.1. The van der Waals surface area contributed by atoms with E-state index < -0.39 is 0 Å². The van der Waals surface area contributed by atoms with E-state index in [9.17, 15) is 9.59 Å². The van der Waals surface area contributed by atoms with Crippen LogP contribution in [0.3, 0.4) is 0 Å². The highest BCUT2D eigenvalue weighted by Crippen LogP contribution is 2.18. The average molecular weight is 719 g/mol. The van der Waals surface area contributed by atoms with Gasteiger partial charge in [0.05, 0.1) is 13.2 Å². The Balaban J connectivity index is 4.25. The van der Waals surface area contributed by atoms with Gasteiger partial charge in [0.1, 0.15) is 6.10 Å². The summed E-state index contributed by atoms with van der Waals surface area (Å²) in [5.74, 6) is 0.779. The lowest BCUT2D eigenvalue weighted by atomic mass is 9.93. The number of hydrogen-bond acceptors (Lipinski definition) is 7. The number of carbonyl (C=O) groups is 2. The zero-order chi connectivity index (χ0) is 37.6. The van der Waals surface area contributed by atoms with Crippen LogP contribution in [0.25, 0.3) is 0 Å². The monoisotopic (exact) mass is 719 g/mol. The summed E-state index contributed by atoms with van der Waals surface area (Å²) < 4.78 is 10.7. The molecule has 0 rings (SSSR count). The van der Waals surface area contributed by atoms with Crippen LogP contribution in [0.15, 0.2) is 29.5 Å². The van der Waals surface area contributed by atoms with E-state index in [0.29, 0.717) is 25.0 Å². The van der Waals surface area contributed by atoms with Crippen LogP contribution in [0.4, 0.5) is 0 Å². The van der Waals surface area contributed by atoms with E-state index in [1.54, 1.807) is 12.2 Å². The highest BCUT2D eigenvalue weighted by Gasteiger charge is 2.13. The van der Waals surface area contributed by atoms with Crippen molar-refractivity contribution in [2.45, 2.75) is 194 Å². The molecule has 7 heteroatoms. The molecular weight excluding hydrogens is 636 g/mol. The summed E-state index contributed by atoms with van der Waals surface area (Å²) >= 11 is 0. The lowest BCUT2D eigenvalue weighted by Crippen LogP contribution is -2.24. The minimum atomic E-state index is -0.203. The summed E-state index contributed by atoms with van der Waals surface area (Å²) in [4.78, 5) is 32.0. The van der Waals surface area contributed by atoms with Crippen LogP contribution >= 0.6 is 0 Å². The molecule has 0 fully saturated rings. The third-order valence-electron chi connectivity index (χ3n) is 9.67. The topological polar surface area (TPSA) is 77.4 Å². The Bertz CT molecular complexity index is 820. The number of unbranched alkanes of at least 4 members (excludes halogenated alkanes) is 18. The molecule has 0 aromatic heterocycles. The van der Waals surface area contributed by atoms with Crippen molar-refractivity contribution in [2.24, 2.45) is 17.0 Å². The van der Waals surface area contributed by atoms with Crippen molar-refractivity contribution in [2.75, 3.05) is 33.9 Å². The molecule has 0 aliphatic rings. The van der Waals surface area contributed by atoms with Gasteiger partial charge in [-0.1, -0.05) is 135 Å². The van der Waals surface area contributed by atoms with Crippen LogP contribution < -0.4 is 0 Å². The predicted octanol–water partition coefficient (Wildman–Crippen LogP) is 12.2. The summed E-state index contributed by atoms with van der Waals surface area (Å²) in [6.07, 6.45) is 37.5. The number of hydrogen-bond donors (Lipinski definition) is 0. The number of nitrogens with zero attached hydrogens (tertiary/aromatic N) is 2. The van der Waals surface area contributed by atoms with Crippen LogP contribution in [0.1, 0.15) is 188 Å². The highest BCUT2D eigenvalue weighted by molar-refractivity contribution is 5.82. The molecule has 0 aromatic carbocycles. The average Bonchev–Trinajstić information content (AvgIpc) is 3.10. The Morgan fingerprint density at radius 3 is 1.47 bits per heavy atom. The van der Waals surface area contributed by atoms with Crippen molar-refractivity contribution in [1.29, 1.82) is 0 Å². The van der Waals surface area contributed by atoms with Gasteiger partial charge in [-0.15, -0.1) is 0 Å². The first-order valence-corrected chi connectivity index (χ1v) is 21.3. The Morgan fingerprint density at radius 1 is 0.588 bits per heavy atom. The fourth-order valence-electron chi connectivity index (χ4n) is 6.12. The van der Waals surface area contributed by atoms with Gasteiger partial charge in [-0.3, -0.25) is 0 Å². The number of allylic oxidation sites excluding steroid dienone is 2. The van der Waals surface area contributed by atoms with E-state index in [4.69, 9.17) is 14.3 Å². The van der Waals surface area contributed by atoms with Gasteiger partial charge < -0.3 is 19.2 Å². The van der Waals surface area contributed by atoms with Gasteiger partial charge >= 0.3 is 11.9 Å². The van der Waals surface area contributed by atoms with Gasteiger partial charge in [0.15, 0.2) is 0 Å². The first-order valence-electron chi connectivity index (χ1n) is 21.3. The number of esters is 2. The van der Waals surface area contributed by atoms with Crippen LogP contribution in [0, 0.1) is 11.8 Å². The third kappa shape index (κ3) is 36.0. The first-order chi connectivity index (χ1) is 24.8. The van der Waals surface area contributed by atoms with Crippen molar-refractivity contribution >= 4 is 18.2 Å². The Kier molecular flexibility index (Phi) is 36.0. The maximum atomic E-state index is 11.9. The standard InChI is InChI=1S/C44H82N2O5/c1-7-9-11-13-21-27-33-43(47)49-37-29-23-17-15-19-25-31-42(51-45-36-35-40(3)41(4)39-46(5)6)32-26-20-16-18-24-30-38-50-44(48)34-28-22-14-12-10-8-2/h27-28,33-34,36,40-42H,7-26,29-32,35,37-39H2,1-6H3/b33-27-,34-28-,45-36+. The smallest absolute Gasteiger partial charge is 0.330 e. The Hall–Kier alpha value is -2.15. The van der Waals surface area contributed by atoms with E-state index in [1.807, 2.05) is 18.4 Å². The third-order valence-corrected chi connectivity index (χ3v) is 9.67. The number of oxime groups is 1. The molecule has 0 spiro atoms. The molecule has 0 saturated heterocycles. The van der Waals surface area contributed by atoms with Gasteiger partial charge in [0.25, 0.3) is 0 Å². The zero-order valence-electron chi connectivity index (χ0n) is 34.4. The molecule has 0 N–H and O–H groups in total. The van der Waals surface area contributed by atoms with E-state index in [-0.39, 0.29) is 18.0 Å². The summed E-state index contributed by atoms with van der Waals surface area (Å²) in [5, 5.41) is 4.44. The normalized spacial score (nSPS) is 13.3. The molecular formula is C44H82N2O5. The van der Waals surface area contributed by atoms with Crippen molar-refractivity contribution in [1.82, 2.24) is 4.90 Å². The Morgan fingerprint density at radius 2 is 1.02 bits per heavy atom. The molecule has 2 atom stereocenters. The molecule has 0 heterocycles. The van der Waals surface area contributed by atoms with Gasteiger partial charge in [0, 0.05) is 24.9 Å². The molecule has 0 aliphatic heterocycles. The molecule has 0 amide bonds. The lowest BCUT2D eigenvalue weighted by molar-refractivity contribution is -0.138. The Labute approximate surface area is 315 Å². The molecule has 2 unspecified atom stereocenters. The van der Waals surface area contributed by atoms with Crippen LogP contribution in [-0.2, 0) is 23.9 Å². The molecule has 7 nitrogen and oxygen atoms in total. The van der Waals surface area contributed by atoms with E-state index in [0.717, 1.165) is 90.0 Å². The summed E-state index contributed by atoms with van der Waals surface area (Å²) in [6.45, 7) is 11.1. The lowest BCUT2D eigenvalue weighted by Gasteiger charge is -2.22. The van der Waals surface area contributed by atoms with E-state index >= 15 is 0 Å². The van der Waals surface area contributed by atoms with Crippen molar-refractivity contribution in [3.05, 3.63) is 24.3 Å². The highest BCUT2D eigenvalue weighted by atomic mass is 16.6. The van der Waals surface area contributed by atoms with Crippen molar-refractivity contribution in [3.8, 4) is 0 Å². The number of rotatable bonds is 37. The molecule has 51 heavy (non-hydrogen) atoms. The minimum Gasteiger partial charge on any atom is -0.463 e. The zero-order valence-corrected chi connectivity index (χ0v) is 34.4. The second kappa shape index (κ2) is 37.6. The summed E-state index contributed by atoms with van der Waals surface area (Å²) in [5.41, 5.74) is 0. The van der Waals surface area contributed by atoms with Crippen molar-refractivity contribution in [3.63, 3.8) is 0 Å². The molecule has 0 bridgehead atoms. The van der Waals surface area contributed by atoms with E-state index in [2.05, 4.69) is 51.8 Å². The maximum Gasteiger partial charge on any atom is 0.330 e. The largest absolute Gasteiger partial charge is 0.463 e. The van der Waals surface area contributed by atoms with Gasteiger partial charge in [-0.2, -0.15) is 0 Å². The second-order valence-corrected chi connectivity index (χ2v) is 15.1. The van der Waals surface area contributed by atoms with Crippen LogP contribution in [-0.4, -0.2) is 63.0 Å². The fourth-order valence-corrected chi connectivity index (χ4v) is 6.12. The molecule has 0 radical (unpaired) electrons. The minimum absolute atomic E-state index is 0.175. The summed E-state index contributed by atoms with van der Waals surface area (Å²) in [7, 11) is 4.26. The van der Waals surface area contributed by atoms with Crippen LogP contribution in [0.2, 0.25) is 0 Å². The predicted molar refractivity (Wildman–Crippen MR) is 217 cm³/mol. The first kappa shape index (κ1) is 48.9. The van der Waals surface area contributed by atoms with Crippen molar-refractivity contribution < 1.29 is 23.9 Å². The molecule has 0 saturated carbocycles. The molecule has 0 aromatic rings. The number of ether oxygens (including phenoxy) is 2.